The molecule has 0 amide bonds. The lowest BCUT2D eigenvalue weighted by Crippen LogP contribution is -2.29. The molecule has 3 N–H and O–H groups in total. The average Bonchev–Trinajstić information content (AvgIpc) is 2.31. The van der Waals surface area contributed by atoms with Gasteiger partial charge in [-0.3, -0.25) is 4.79 Å². The van der Waals surface area contributed by atoms with Gasteiger partial charge in [0.05, 0.1) is 6.10 Å². The molecule has 6 heteroatoms. The van der Waals surface area contributed by atoms with Crippen molar-refractivity contribution in [3.05, 3.63) is 0 Å². The molecule has 76 valence electrons. The van der Waals surface area contributed by atoms with Crippen molar-refractivity contribution in [1.29, 1.82) is 0 Å². The smallest absolute Gasteiger partial charge is 0.320 e. The van der Waals surface area contributed by atoms with Crippen molar-refractivity contribution in [2.24, 2.45) is 0 Å². The maximum atomic E-state index is 10.2. The van der Waals surface area contributed by atoms with E-state index in [0.29, 0.717) is 13.0 Å². The van der Waals surface area contributed by atoms with Crippen LogP contribution in [0.3, 0.4) is 0 Å². The van der Waals surface area contributed by atoms with Crippen LogP contribution < -0.4 is 5.32 Å². The molecule has 2 rings (SSSR count). The van der Waals surface area contributed by atoms with Crippen molar-refractivity contribution in [3.8, 4) is 0 Å². The number of aliphatic hydroxyl groups excluding tert-OH is 1. The Balaban J connectivity index is 0.000000175. The van der Waals surface area contributed by atoms with E-state index in [1.54, 1.807) is 0 Å². The van der Waals surface area contributed by atoms with Crippen LogP contribution in [0.15, 0.2) is 0 Å². The van der Waals surface area contributed by atoms with Crippen LogP contribution in [-0.4, -0.2) is 48.1 Å². The summed E-state index contributed by atoms with van der Waals surface area (Å²) >= 11 is 0. The topological polar surface area (TPSA) is 88.0 Å². The van der Waals surface area contributed by atoms with Crippen LogP contribution in [0.25, 0.3) is 0 Å². The minimum atomic E-state index is -0.883. The lowest BCUT2D eigenvalue weighted by molar-refractivity contribution is -0.382. The van der Waals surface area contributed by atoms with E-state index in [9.17, 15) is 4.79 Å². The molecule has 0 saturated carbocycles. The highest BCUT2D eigenvalue weighted by molar-refractivity contribution is 5.73. The van der Waals surface area contributed by atoms with Crippen molar-refractivity contribution in [2.75, 3.05) is 19.8 Å². The average molecular weight is 191 g/mol. The molecular weight excluding hydrogens is 178 g/mol. The summed E-state index contributed by atoms with van der Waals surface area (Å²) in [6.07, 6.45) is -0.152. The number of carboxylic acids is 1. The lowest BCUT2D eigenvalue weighted by atomic mass is 10.2. The van der Waals surface area contributed by atoms with Gasteiger partial charge in [-0.2, -0.15) is 0 Å². The van der Waals surface area contributed by atoms with Gasteiger partial charge in [0.2, 0.25) is 0 Å². The van der Waals surface area contributed by atoms with E-state index in [-0.39, 0.29) is 0 Å². The third-order valence-corrected chi connectivity index (χ3v) is 1.74. The Labute approximate surface area is 75.4 Å². The van der Waals surface area contributed by atoms with Crippen LogP contribution in [0.1, 0.15) is 6.42 Å². The maximum absolute atomic E-state index is 10.2. The first-order valence-electron chi connectivity index (χ1n) is 4.09. The van der Waals surface area contributed by atoms with Crippen molar-refractivity contribution in [1.82, 2.24) is 5.32 Å². The van der Waals surface area contributed by atoms with Crippen LogP contribution in [0.4, 0.5) is 0 Å². The van der Waals surface area contributed by atoms with Gasteiger partial charge in [-0.05, 0) is 0 Å². The van der Waals surface area contributed by atoms with E-state index in [2.05, 4.69) is 15.1 Å². The van der Waals surface area contributed by atoms with Gasteiger partial charge in [0.15, 0.2) is 0 Å². The first kappa shape index (κ1) is 10.4. The Hall–Kier alpha value is -0.690. The van der Waals surface area contributed by atoms with Crippen LogP contribution in [0.5, 0.6) is 0 Å². The summed E-state index contributed by atoms with van der Waals surface area (Å²) in [5, 5.41) is 19.8. The zero-order chi connectivity index (χ0) is 9.68. The maximum Gasteiger partial charge on any atom is 0.320 e. The molecule has 2 saturated heterocycles. The molecule has 0 bridgehead atoms. The zero-order valence-electron chi connectivity index (χ0n) is 7.10. The Bertz CT molecular complexity index is 166. The second-order valence-corrected chi connectivity index (χ2v) is 2.83. The number of rotatable bonds is 1. The second kappa shape index (κ2) is 5.13. The van der Waals surface area contributed by atoms with Gasteiger partial charge in [-0.1, -0.05) is 0 Å². The monoisotopic (exact) mass is 191 g/mol. The summed E-state index contributed by atoms with van der Waals surface area (Å²) in [6, 6.07) is -0.542. The van der Waals surface area contributed by atoms with Gasteiger partial charge in [0.1, 0.15) is 19.3 Å². The van der Waals surface area contributed by atoms with Crippen molar-refractivity contribution in [3.63, 3.8) is 0 Å². The Kier molecular flexibility index (Phi) is 4.10. The predicted molar refractivity (Wildman–Crippen MR) is 42.0 cm³/mol. The normalized spacial score (nSPS) is 31.5. The van der Waals surface area contributed by atoms with E-state index >= 15 is 0 Å². The van der Waals surface area contributed by atoms with E-state index in [1.165, 1.54) is 0 Å². The Morgan fingerprint density at radius 3 is 2.08 bits per heavy atom. The number of aliphatic hydroxyl groups is 1. The summed E-state index contributed by atoms with van der Waals surface area (Å²) in [6.45, 7) is 1.96. The highest BCUT2D eigenvalue weighted by Crippen LogP contribution is 2.05. The Morgan fingerprint density at radius 2 is 1.92 bits per heavy atom. The van der Waals surface area contributed by atoms with E-state index in [0.717, 1.165) is 13.2 Å². The van der Waals surface area contributed by atoms with Gasteiger partial charge in [0, 0.05) is 13.0 Å². The highest BCUT2D eigenvalue weighted by Gasteiger charge is 2.27. The molecule has 2 atom stereocenters. The van der Waals surface area contributed by atoms with Crippen LogP contribution in [0, 0.1) is 0 Å². The fourth-order valence-electron chi connectivity index (χ4n) is 0.989. The molecule has 13 heavy (non-hydrogen) atoms. The third kappa shape index (κ3) is 3.69. The van der Waals surface area contributed by atoms with Crippen molar-refractivity contribution in [2.45, 2.75) is 18.6 Å². The molecule has 0 aromatic heterocycles. The standard InChI is InChI=1S/C5H9NO3.C2H4O2/c7-3-1-4(5(8)9)6-2-3;1-2-4-3-1/h3-4,6-7H,1-2H2,(H,8,9);1-2H2/t3-,4+;/m1./s1. The first-order chi connectivity index (χ1) is 6.20. The lowest BCUT2D eigenvalue weighted by Gasteiger charge is -2.08. The predicted octanol–water partition coefficient (Wildman–Crippen LogP) is -1.26. The molecule has 0 spiro atoms. The molecule has 0 unspecified atom stereocenters. The second-order valence-electron chi connectivity index (χ2n) is 2.83. The number of carboxylic acid groups (broad SMARTS) is 1. The third-order valence-electron chi connectivity index (χ3n) is 1.74. The van der Waals surface area contributed by atoms with Crippen LogP contribution >= 0.6 is 0 Å². The summed E-state index contributed by atoms with van der Waals surface area (Å²) < 4.78 is 0. The molecule has 2 heterocycles. The molecule has 0 aromatic rings. The fraction of sp³-hybridized carbons (Fsp3) is 0.857. The summed E-state index contributed by atoms with van der Waals surface area (Å²) in [5.41, 5.74) is 0. The number of aliphatic carboxylic acids is 1. The molecule has 0 aromatic carbocycles. The SMILES string of the molecule is C1COO1.O=C(O)[C@@H]1C[C@@H](O)CN1. The number of hydrogen-bond acceptors (Lipinski definition) is 5. The van der Waals surface area contributed by atoms with Gasteiger partial charge >= 0.3 is 5.97 Å². The van der Waals surface area contributed by atoms with Gasteiger partial charge in [0.25, 0.3) is 0 Å². The summed E-state index contributed by atoms with van der Waals surface area (Å²) in [4.78, 5) is 18.6. The van der Waals surface area contributed by atoms with Crippen LogP contribution in [0.2, 0.25) is 0 Å². The largest absolute Gasteiger partial charge is 0.480 e. The molecule has 2 fully saturated rings. The zero-order valence-corrected chi connectivity index (χ0v) is 7.10. The summed E-state index contributed by atoms with van der Waals surface area (Å²) in [5.74, 6) is -0.883. The minimum absolute atomic E-state index is 0.329. The molecule has 0 radical (unpaired) electrons. The van der Waals surface area contributed by atoms with E-state index in [4.69, 9.17) is 10.2 Å². The van der Waals surface area contributed by atoms with Gasteiger partial charge in [-0.15, -0.1) is 0 Å². The number of carbonyl (C=O) groups is 1. The summed E-state index contributed by atoms with van der Waals surface area (Å²) in [7, 11) is 0. The molecule has 6 nitrogen and oxygen atoms in total. The van der Waals surface area contributed by atoms with Crippen molar-refractivity contribution < 1.29 is 24.8 Å². The molecule has 2 aliphatic heterocycles. The first-order valence-corrected chi connectivity index (χ1v) is 4.09. The molecular formula is C7H13NO5. The fourth-order valence-corrected chi connectivity index (χ4v) is 0.989. The minimum Gasteiger partial charge on any atom is -0.480 e. The van der Waals surface area contributed by atoms with Crippen LogP contribution in [-0.2, 0) is 14.6 Å². The molecule has 0 aliphatic carbocycles. The van der Waals surface area contributed by atoms with Gasteiger partial charge in [-0.25, -0.2) is 9.78 Å². The number of β-amino-alcohol motifs (C(OH)–C–C–N with tert-alkyl or cyclic N) is 1. The molecule has 2 aliphatic rings. The number of hydrogen-bond donors (Lipinski definition) is 3. The van der Waals surface area contributed by atoms with E-state index in [1.807, 2.05) is 0 Å². The number of nitrogens with one attached hydrogen (secondary N) is 1. The van der Waals surface area contributed by atoms with Gasteiger partial charge < -0.3 is 15.5 Å². The quantitative estimate of drug-likeness (QED) is 0.448. The Morgan fingerprint density at radius 1 is 1.38 bits per heavy atom. The van der Waals surface area contributed by atoms with E-state index < -0.39 is 18.1 Å². The highest BCUT2D eigenvalue weighted by atomic mass is 17.2. The van der Waals surface area contributed by atoms with Crippen molar-refractivity contribution >= 4 is 5.97 Å².